The summed E-state index contributed by atoms with van der Waals surface area (Å²) in [6.07, 6.45) is 0. The van der Waals surface area contributed by atoms with Crippen LogP contribution in [0.4, 0.5) is 0 Å². The molecule has 96 valence electrons. The zero-order valence-electron chi connectivity index (χ0n) is 9.91. The quantitative estimate of drug-likeness (QED) is 0.889. The third kappa shape index (κ3) is 2.27. The summed E-state index contributed by atoms with van der Waals surface area (Å²) in [5.41, 5.74) is 1.25. The topological polar surface area (TPSA) is 50.4 Å². The molecule has 2 rings (SSSR count). The predicted octanol–water partition coefficient (Wildman–Crippen LogP) is 4.67. The second kappa shape index (κ2) is 4.94. The molecule has 1 N–H and O–H groups in total. The minimum Gasteiger partial charge on any atom is -0.481 e. The molecule has 1 unspecified atom stereocenters. The first-order chi connectivity index (χ1) is 8.41. The summed E-state index contributed by atoms with van der Waals surface area (Å²) in [5, 5.41) is 10.6. The molecule has 0 saturated carbocycles. The van der Waals surface area contributed by atoms with Crippen LogP contribution in [-0.2, 0) is 4.79 Å². The molecule has 3 nitrogen and oxygen atoms in total. The normalized spacial score (nSPS) is 13.2. The maximum absolute atomic E-state index is 11.4. The first kappa shape index (κ1) is 13.4. The number of halogens is 2. The third-order valence-corrected chi connectivity index (χ3v) is 3.60. The fourth-order valence-electron chi connectivity index (χ4n) is 2.13. The lowest BCUT2D eigenvalue weighted by Crippen LogP contribution is -2.17. The van der Waals surface area contributed by atoms with Crippen LogP contribution in [0.25, 0.3) is 11.0 Å². The lowest BCUT2D eigenvalue weighted by Gasteiger charge is -2.17. The smallest absolute Gasteiger partial charge is 0.311 e. The van der Waals surface area contributed by atoms with E-state index in [1.54, 1.807) is 18.2 Å². The van der Waals surface area contributed by atoms with Gasteiger partial charge in [-0.2, -0.15) is 0 Å². The van der Waals surface area contributed by atoms with E-state index in [2.05, 4.69) is 15.9 Å². The van der Waals surface area contributed by atoms with Gasteiger partial charge in [-0.25, -0.2) is 0 Å². The molecule has 0 bridgehead atoms. The van der Waals surface area contributed by atoms with Crippen LogP contribution in [0.15, 0.2) is 27.3 Å². The second-order valence-electron chi connectivity index (χ2n) is 4.49. The van der Waals surface area contributed by atoms with E-state index in [0.29, 0.717) is 15.3 Å². The molecule has 0 aliphatic rings. The molecular weight excluding hydrogens is 319 g/mol. The Labute approximate surface area is 118 Å². The molecule has 1 aromatic carbocycles. The maximum Gasteiger partial charge on any atom is 0.311 e. The third-order valence-electron chi connectivity index (χ3n) is 2.91. The predicted molar refractivity (Wildman–Crippen MR) is 74.1 cm³/mol. The van der Waals surface area contributed by atoms with E-state index in [1.165, 1.54) is 0 Å². The minimum atomic E-state index is -0.842. The highest BCUT2D eigenvalue weighted by Crippen LogP contribution is 2.37. The Bertz CT molecular complexity index is 604. The van der Waals surface area contributed by atoms with Gasteiger partial charge in [0.15, 0.2) is 10.3 Å². The molecule has 0 fully saturated rings. The van der Waals surface area contributed by atoms with Gasteiger partial charge in [-0.1, -0.05) is 31.5 Å². The number of benzene rings is 1. The minimum absolute atomic E-state index is 0.0134. The van der Waals surface area contributed by atoms with E-state index in [4.69, 9.17) is 16.0 Å². The van der Waals surface area contributed by atoms with E-state index in [-0.39, 0.29) is 5.92 Å². The molecule has 0 radical (unpaired) electrons. The van der Waals surface area contributed by atoms with Crippen molar-refractivity contribution in [2.75, 3.05) is 0 Å². The largest absolute Gasteiger partial charge is 0.481 e. The van der Waals surface area contributed by atoms with Crippen LogP contribution in [0.5, 0.6) is 0 Å². The van der Waals surface area contributed by atoms with E-state index in [1.807, 2.05) is 13.8 Å². The van der Waals surface area contributed by atoms with E-state index < -0.39 is 11.9 Å². The SMILES string of the molecule is CC(C)C(C(=O)O)c1ccc(Cl)c2oc(Br)cc12. The number of rotatable bonds is 3. The number of carboxylic acids is 1. The van der Waals surface area contributed by atoms with Crippen LogP contribution in [-0.4, -0.2) is 11.1 Å². The highest BCUT2D eigenvalue weighted by Gasteiger charge is 2.26. The molecule has 0 aliphatic heterocycles. The van der Waals surface area contributed by atoms with Gasteiger partial charge in [0, 0.05) is 5.39 Å². The van der Waals surface area contributed by atoms with Crippen molar-refractivity contribution in [2.24, 2.45) is 5.92 Å². The number of hydrogen-bond acceptors (Lipinski definition) is 2. The van der Waals surface area contributed by atoms with Crippen LogP contribution >= 0.6 is 27.5 Å². The van der Waals surface area contributed by atoms with Gasteiger partial charge >= 0.3 is 5.97 Å². The number of furan rings is 1. The van der Waals surface area contributed by atoms with Gasteiger partial charge in [0.05, 0.1) is 10.9 Å². The van der Waals surface area contributed by atoms with E-state index >= 15 is 0 Å². The average molecular weight is 332 g/mol. The highest BCUT2D eigenvalue weighted by atomic mass is 79.9. The molecule has 5 heteroatoms. The van der Waals surface area contributed by atoms with Crippen LogP contribution < -0.4 is 0 Å². The van der Waals surface area contributed by atoms with Crippen molar-refractivity contribution in [2.45, 2.75) is 19.8 Å². The maximum atomic E-state index is 11.4. The molecular formula is C13H12BrClO3. The molecule has 1 atom stereocenters. The molecule has 0 aliphatic carbocycles. The zero-order valence-corrected chi connectivity index (χ0v) is 12.2. The van der Waals surface area contributed by atoms with Crippen LogP contribution in [0.1, 0.15) is 25.3 Å². The number of fused-ring (bicyclic) bond motifs is 1. The highest BCUT2D eigenvalue weighted by molar-refractivity contribution is 9.10. The van der Waals surface area contributed by atoms with Crippen LogP contribution in [0.2, 0.25) is 5.02 Å². The van der Waals surface area contributed by atoms with Crippen molar-refractivity contribution in [1.82, 2.24) is 0 Å². The summed E-state index contributed by atoms with van der Waals surface area (Å²) in [6, 6.07) is 5.19. The van der Waals surface area contributed by atoms with Crippen molar-refractivity contribution in [3.63, 3.8) is 0 Å². The summed E-state index contributed by atoms with van der Waals surface area (Å²) >= 11 is 9.29. The van der Waals surface area contributed by atoms with Crippen molar-refractivity contribution in [1.29, 1.82) is 0 Å². The van der Waals surface area contributed by atoms with Gasteiger partial charge in [-0.3, -0.25) is 4.79 Å². The number of carbonyl (C=O) groups is 1. The lowest BCUT2D eigenvalue weighted by molar-refractivity contribution is -0.139. The van der Waals surface area contributed by atoms with Crippen molar-refractivity contribution in [3.05, 3.63) is 33.5 Å². The first-order valence-electron chi connectivity index (χ1n) is 5.52. The Morgan fingerprint density at radius 1 is 1.44 bits per heavy atom. The summed E-state index contributed by atoms with van der Waals surface area (Å²) in [4.78, 5) is 11.4. The van der Waals surface area contributed by atoms with Gasteiger partial charge in [0.25, 0.3) is 0 Å². The molecule has 1 heterocycles. The standard InChI is InChI=1S/C13H12BrClO3/c1-6(2)11(13(16)17)7-3-4-9(15)12-8(7)5-10(14)18-12/h3-6,11H,1-2H3,(H,16,17). The summed E-state index contributed by atoms with van der Waals surface area (Å²) in [5.74, 6) is -1.43. The van der Waals surface area contributed by atoms with Crippen LogP contribution in [0.3, 0.4) is 0 Å². The zero-order chi connectivity index (χ0) is 13.4. The average Bonchev–Trinajstić information content (AvgIpc) is 2.63. The molecule has 2 aromatic rings. The molecule has 0 saturated heterocycles. The summed E-state index contributed by atoms with van der Waals surface area (Å²) in [7, 11) is 0. The molecule has 1 aromatic heterocycles. The Morgan fingerprint density at radius 2 is 2.11 bits per heavy atom. The van der Waals surface area contributed by atoms with Gasteiger partial charge in [-0.05, 0) is 39.5 Å². The Balaban J connectivity index is 2.70. The van der Waals surface area contributed by atoms with Crippen molar-refractivity contribution >= 4 is 44.5 Å². The fourth-order valence-corrected chi connectivity index (χ4v) is 2.72. The summed E-state index contributed by atoms with van der Waals surface area (Å²) < 4.78 is 5.98. The van der Waals surface area contributed by atoms with Gasteiger partial charge in [-0.15, -0.1) is 0 Å². The number of hydrogen-bond donors (Lipinski definition) is 1. The Morgan fingerprint density at radius 3 is 2.67 bits per heavy atom. The van der Waals surface area contributed by atoms with Gasteiger partial charge in [0.2, 0.25) is 0 Å². The molecule has 18 heavy (non-hydrogen) atoms. The molecule has 0 spiro atoms. The van der Waals surface area contributed by atoms with E-state index in [0.717, 1.165) is 10.9 Å². The van der Waals surface area contributed by atoms with Crippen molar-refractivity contribution < 1.29 is 14.3 Å². The number of carboxylic acid groups (broad SMARTS) is 1. The van der Waals surface area contributed by atoms with E-state index in [9.17, 15) is 9.90 Å². The Kier molecular flexibility index (Phi) is 3.69. The number of aliphatic carboxylic acids is 1. The molecule has 0 amide bonds. The van der Waals surface area contributed by atoms with Crippen molar-refractivity contribution in [3.8, 4) is 0 Å². The first-order valence-corrected chi connectivity index (χ1v) is 6.69. The van der Waals surface area contributed by atoms with Gasteiger partial charge < -0.3 is 9.52 Å². The second-order valence-corrected chi connectivity index (χ2v) is 5.68. The Hall–Kier alpha value is -1.00. The lowest BCUT2D eigenvalue weighted by atomic mass is 9.87. The van der Waals surface area contributed by atoms with Crippen LogP contribution in [0, 0.1) is 5.92 Å². The van der Waals surface area contributed by atoms with Gasteiger partial charge in [0.1, 0.15) is 0 Å². The fraction of sp³-hybridized carbons (Fsp3) is 0.308. The monoisotopic (exact) mass is 330 g/mol. The summed E-state index contributed by atoms with van der Waals surface area (Å²) in [6.45, 7) is 3.77.